The fourth-order valence-corrected chi connectivity index (χ4v) is 3.66. The zero-order valence-corrected chi connectivity index (χ0v) is 15.9. The van der Waals surface area contributed by atoms with Crippen LogP contribution in [0, 0.1) is 17.7 Å². The van der Waals surface area contributed by atoms with Gasteiger partial charge in [-0.3, -0.25) is 9.63 Å². The SMILES string of the molecule is CON(C)C(=O)c1cc(OC2[C@H]3CN(C(=O)O)C[C@@H]23)nc(-c2ccc(F)cc2)c1. The molecular formula is C20H20FN3O5. The molecule has 2 aromatic rings. The maximum atomic E-state index is 13.3. The highest BCUT2D eigenvalue weighted by Crippen LogP contribution is 2.47. The van der Waals surface area contributed by atoms with E-state index in [1.807, 2.05) is 0 Å². The van der Waals surface area contributed by atoms with Crippen LogP contribution in [-0.2, 0) is 4.84 Å². The van der Waals surface area contributed by atoms with Crippen LogP contribution in [0.25, 0.3) is 11.3 Å². The van der Waals surface area contributed by atoms with E-state index in [0.29, 0.717) is 29.9 Å². The van der Waals surface area contributed by atoms with Crippen LogP contribution in [0.1, 0.15) is 10.4 Å². The number of rotatable bonds is 5. The Morgan fingerprint density at radius 1 is 1.21 bits per heavy atom. The van der Waals surface area contributed by atoms with Gasteiger partial charge in [0.25, 0.3) is 5.91 Å². The van der Waals surface area contributed by atoms with Crippen molar-refractivity contribution in [3.63, 3.8) is 0 Å². The van der Waals surface area contributed by atoms with Gasteiger partial charge in [0.05, 0.1) is 12.8 Å². The fraction of sp³-hybridized carbons (Fsp3) is 0.350. The Bertz CT molecular complexity index is 940. The molecule has 1 N–H and O–H groups in total. The summed E-state index contributed by atoms with van der Waals surface area (Å²) in [5, 5.41) is 10.2. The number of likely N-dealkylation sites (tertiary alicyclic amines) is 1. The Balaban J connectivity index is 1.60. The zero-order valence-electron chi connectivity index (χ0n) is 15.9. The molecule has 1 saturated carbocycles. The van der Waals surface area contributed by atoms with Crippen LogP contribution >= 0.6 is 0 Å². The molecule has 1 aromatic heterocycles. The van der Waals surface area contributed by atoms with E-state index < -0.39 is 6.09 Å². The van der Waals surface area contributed by atoms with E-state index >= 15 is 0 Å². The number of halogens is 1. The summed E-state index contributed by atoms with van der Waals surface area (Å²) < 4.78 is 19.3. The molecule has 2 fully saturated rings. The van der Waals surface area contributed by atoms with Crippen molar-refractivity contribution in [2.75, 3.05) is 27.2 Å². The van der Waals surface area contributed by atoms with E-state index in [0.717, 1.165) is 5.06 Å². The molecule has 152 valence electrons. The Morgan fingerprint density at radius 3 is 2.45 bits per heavy atom. The van der Waals surface area contributed by atoms with Gasteiger partial charge in [-0.05, 0) is 30.3 Å². The standard InChI is InChI=1S/C20H20FN3O5/c1-23(28-2)19(25)12-7-16(11-3-5-13(21)6-4-11)22-17(8-12)29-18-14-9-24(20(26)27)10-15(14)18/h3-8,14-15,18H,9-10H2,1-2H3,(H,26,27)/t14-,15+,18?. The number of benzene rings is 1. The van der Waals surface area contributed by atoms with Gasteiger partial charge >= 0.3 is 6.09 Å². The van der Waals surface area contributed by atoms with Crippen molar-refractivity contribution < 1.29 is 28.7 Å². The van der Waals surface area contributed by atoms with Crippen molar-refractivity contribution in [2.24, 2.45) is 11.8 Å². The highest BCUT2D eigenvalue weighted by Gasteiger charge is 2.59. The second kappa shape index (κ2) is 7.32. The molecule has 2 amide bonds. The van der Waals surface area contributed by atoms with E-state index in [9.17, 15) is 14.0 Å². The predicted octanol–water partition coefficient (Wildman–Crippen LogP) is 2.51. The number of fused-ring (bicyclic) bond motifs is 1. The topological polar surface area (TPSA) is 92.2 Å². The van der Waals surface area contributed by atoms with Gasteiger partial charge < -0.3 is 14.7 Å². The average Bonchev–Trinajstić information content (AvgIpc) is 3.13. The van der Waals surface area contributed by atoms with Crippen molar-refractivity contribution in [3.8, 4) is 17.1 Å². The highest BCUT2D eigenvalue weighted by molar-refractivity contribution is 5.94. The van der Waals surface area contributed by atoms with Crippen molar-refractivity contribution in [3.05, 3.63) is 47.8 Å². The molecule has 3 atom stereocenters. The quantitative estimate of drug-likeness (QED) is 0.774. The van der Waals surface area contributed by atoms with Crippen LogP contribution in [0.15, 0.2) is 36.4 Å². The number of hydrogen-bond acceptors (Lipinski definition) is 5. The molecule has 4 rings (SSSR count). The van der Waals surface area contributed by atoms with Crippen LogP contribution in [0.3, 0.4) is 0 Å². The lowest BCUT2D eigenvalue weighted by Crippen LogP contribution is -2.31. The zero-order chi connectivity index (χ0) is 20.7. The summed E-state index contributed by atoms with van der Waals surface area (Å²) in [7, 11) is 2.88. The second-order valence-electron chi connectivity index (χ2n) is 7.17. The van der Waals surface area contributed by atoms with Gasteiger partial charge in [0, 0.05) is 49.2 Å². The third-order valence-corrected chi connectivity index (χ3v) is 5.39. The van der Waals surface area contributed by atoms with Crippen LogP contribution in [-0.4, -0.2) is 65.4 Å². The third-order valence-electron chi connectivity index (χ3n) is 5.39. The van der Waals surface area contributed by atoms with Crippen LogP contribution in [0.5, 0.6) is 5.88 Å². The first-order valence-electron chi connectivity index (χ1n) is 9.12. The van der Waals surface area contributed by atoms with Crippen LogP contribution < -0.4 is 4.74 Å². The van der Waals surface area contributed by atoms with Gasteiger partial charge in [0.1, 0.15) is 11.9 Å². The lowest BCUT2D eigenvalue weighted by atomic mass is 10.1. The summed E-state index contributed by atoms with van der Waals surface area (Å²) in [6.45, 7) is 0.862. The number of nitrogens with zero attached hydrogens (tertiary/aromatic N) is 3. The summed E-state index contributed by atoms with van der Waals surface area (Å²) >= 11 is 0. The smallest absolute Gasteiger partial charge is 0.407 e. The van der Waals surface area contributed by atoms with Gasteiger partial charge in [-0.1, -0.05) is 0 Å². The van der Waals surface area contributed by atoms with Crippen molar-refractivity contribution in [2.45, 2.75) is 6.10 Å². The molecular weight excluding hydrogens is 381 g/mol. The number of piperidine rings is 1. The Morgan fingerprint density at radius 2 is 1.86 bits per heavy atom. The molecule has 1 unspecified atom stereocenters. The molecule has 1 aliphatic carbocycles. The van der Waals surface area contributed by atoms with Gasteiger partial charge in [-0.2, -0.15) is 0 Å². The van der Waals surface area contributed by atoms with E-state index in [2.05, 4.69) is 4.98 Å². The lowest BCUT2D eigenvalue weighted by Gasteiger charge is -2.18. The molecule has 9 heteroatoms. The van der Waals surface area contributed by atoms with Crippen LogP contribution in [0.4, 0.5) is 9.18 Å². The molecule has 1 saturated heterocycles. The van der Waals surface area contributed by atoms with Gasteiger partial charge in [0.15, 0.2) is 0 Å². The molecule has 1 aromatic carbocycles. The lowest BCUT2D eigenvalue weighted by molar-refractivity contribution is -0.0757. The Labute approximate surface area is 166 Å². The first kappa shape index (κ1) is 19.1. The number of ether oxygens (including phenoxy) is 1. The Kier molecular flexibility index (Phi) is 4.83. The second-order valence-corrected chi connectivity index (χ2v) is 7.17. The fourth-order valence-electron chi connectivity index (χ4n) is 3.66. The number of hydrogen-bond donors (Lipinski definition) is 1. The average molecular weight is 401 g/mol. The number of hydroxylamine groups is 2. The number of pyridine rings is 1. The summed E-state index contributed by atoms with van der Waals surface area (Å²) in [5.74, 6) is -0.228. The van der Waals surface area contributed by atoms with E-state index in [4.69, 9.17) is 14.7 Å². The minimum absolute atomic E-state index is 0.128. The van der Waals surface area contributed by atoms with Gasteiger partial charge in [-0.15, -0.1) is 0 Å². The predicted molar refractivity (Wildman–Crippen MR) is 99.7 cm³/mol. The van der Waals surface area contributed by atoms with E-state index in [1.165, 1.54) is 37.3 Å². The van der Waals surface area contributed by atoms with E-state index in [-0.39, 0.29) is 35.5 Å². The molecule has 1 aliphatic heterocycles. The largest absolute Gasteiger partial charge is 0.474 e. The third kappa shape index (κ3) is 3.73. The normalized spacial score (nSPS) is 22.2. The van der Waals surface area contributed by atoms with E-state index in [1.54, 1.807) is 18.2 Å². The first-order chi connectivity index (χ1) is 13.9. The number of carbonyl (C=O) groups excluding carboxylic acids is 1. The molecule has 0 radical (unpaired) electrons. The molecule has 0 spiro atoms. The monoisotopic (exact) mass is 401 g/mol. The summed E-state index contributed by atoms with van der Waals surface area (Å²) in [5.41, 5.74) is 1.42. The summed E-state index contributed by atoms with van der Waals surface area (Å²) in [6.07, 6.45) is -1.06. The number of carbonyl (C=O) groups is 2. The van der Waals surface area contributed by atoms with Crippen molar-refractivity contribution in [1.29, 1.82) is 0 Å². The number of carboxylic acid groups (broad SMARTS) is 1. The number of amides is 2. The molecule has 29 heavy (non-hydrogen) atoms. The van der Waals surface area contributed by atoms with Crippen LogP contribution in [0.2, 0.25) is 0 Å². The summed E-state index contributed by atoms with van der Waals surface area (Å²) in [4.78, 5) is 34.4. The van der Waals surface area contributed by atoms with Crippen molar-refractivity contribution >= 4 is 12.0 Å². The maximum absolute atomic E-state index is 13.3. The minimum atomic E-state index is -0.928. The first-order valence-corrected chi connectivity index (χ1v) is 9.12. The number of aromatic nitrogens is 1. The highest BCUT2D eigenvalue weighted by atomic mass is 19.1. The summed E-state index contributed by atoms with van der Waals surface area (Å²) in [6, 6.07) is 8.92. The van der Waals surface area contributed by atoms with Gasteiger partial charge in [0.2, 0.25) is 5.88 Å². The molecule has 2 heterocycles. The molecule has 2 aliphatic rings. The Hall–Kier alpha value is -3.20. The molecule has 8 nitrogen and oxygen atoms in total. The minimum Gasteiger partial charge on any atom is -0.474 e. The van der Waals surface area contributed by atoms with Crippen molar-refractivity contribution in [1.82, 2.24) is 14.9 Å². The maximum Gasteiger partial charge on any atom is 0.407 e. The van der Waals surface area contributed by atoms with Gasteiger partial charge in [-0.25, -0.2) is 19.2 Å². The molecule has 0 bridgehead atoms.